The summed E-state index contributed by atoms with van der Waals surface area (Å²) in [6.45, 7) is 3.84. The minimum atomic E-state index is 0.0479. The van der Waals surface area contributed by atoms with E-state index in [0.717, 1.165) is 20.3 Å². The topological polar surface area (TPSA) is 17.1 Å². The van der Waals surface area contributed by atoms with Crippen LogP contribution in [0.2, 0.25) is 5.02 Å². The molecule has 0 amide bonds. The molecule has 0 aliphatic heterocycles. The van der Waals surface area contributed by atoms with E-state index in [9.17, 15) is 4.79 Å². The van der Waals surface area contributed by atoms with E-state index < -0.39 is 0 Å². The smallest absolute Gasteiger partial charge is 0.175 e. The van der Waals surface area contributed by atoms with Crippen molar-refractivity contribution in [3.05, 3.63) is 46.3 Å². The first-order valence-electron chi connectivity index (χ1n) is 5.48. The van der Waals surface area contributed by atoms with Crippen molar-refractivity contribution < 1.29 is 4.79 Å². The number of Topliss-reactive ketones (excluding diaryl/α,β-unsaturated/α-hetero) is 1. The molecule has 1 heterocycles. The van der Waals surface area contributed by atoms with Crippen LogP contribution in [0.3, 0.4) is 0 Å². The van der Waals surface area contributed by atoms with Gasteiger partial charge >= 0.3 is 0 Å². The number of carbonyl (C=O) groups is 1. The van der Waals surface area contributed by atoms with Gasteiger partial charge in [-0.3, -0.25) is 4.79 Å². The van der Waals surface area contributed by atoms with Crippen molar-refractivity contribution in [3.63, 3.8) is 0 Å². The Morgan fingerprint density at radius 1 is 1.12 bits per heavy atom. The maximum absolute atomic E-state index is 11.8. The zero-order chi connectivity index (χ0) is 12.4. The summed E-state index contributed by atoms with van der Waals surface area (Å²) in [5, 5.41) is 0.726. The molecule has 0 bridgehead atoms. The fraction of sp³-hybridized carbons (Fsp3) is 0.214. The highest BCUT2D eigenvalue weighted by atomic mass is 35.5. The van der Waals surface area contributed by atoms with Crippen molar-refractivity contribution in [2.45, 2.75) is 13.8 Å². The zero-order valence-corrected chi connectivity index (χ0v) is 11.3. The predicted octanol–water partition coefficient (Wildman–Crippen LogP) is 4.91. The number of ketones is 1. The van der Waals surface area contributed by atoms with Crippen molar-refractivity contribution in [1.29, 1.82) is 0 Å². The largest absolute Gasteiger partial charge is 0.293 e. The van der Waals surface area contributed by atoms with Gasteiger partial charge in [-0.2, -0.15) is 0 Å². The van der Waals surface area contributed by atoms with Gasteiger partial charge in [0, 0.05) is 15.8 Å². The first-order chi connectivity index (χ1) is 8.08. The van der Waals surface area contributed by atoms with Crippen LogP contribution in [-0.4, -0.2) is 5.78 Å². The second-order valence-electron chi connectivity index (χ2n) is 4.19. The number of carbonyl (C=O) groups excluding carboxylic acids is 1. The third-order valence-corrected chi connectivity index (χ3v) is 3.90. The van der Waals surface area contributed by atoms with Crippen LogP contribution in [0, 0.1) is 5.92 Å². The summed E-state index contributed by atoms with van der Waals surface area (Å²) in [5.74, 6) is 0.252. The summed E-state index contributed by atoms with van der Waals surface area (Å²) in [6.07, 6.45) is 0. The van der Waals surface area contributed by atoms with E-state index in [4.69, 9.17) is 11.6 Å². The molecule has 0 atom stereocenters. The number of halogens is 1. The lowest BCUT2D eigenvalue weighted by Crippen LogP contribution is -2.04. The molecule has 0 radical (unpaired) electrons. The van der Waals surface area contributed by atoms with Gasteiger partial charge in [-0.25, -0.2) is 0 Å². The van der Waals surface area contributed by atoms with Crippen LogP contribution in [-0.2, 0) is 0 Å². The summed E-state index contributed by atoms with van der Waals surface area (Å²) in [5.41, 5.74) is 1.10. The molecule has 0 aliphatic rings. The Bertz CT molecular complexity index is 525. The van der Waals surface area contributed by atoms with Crippen LogP contribution >= 0.6 is 22.9 Å². The predicted molar refractivity (Wildman–Crippen MR) is 73.9 cm³/mol. The van der Waals surface area contributed by atoms with Gasteiger partial charge in [0.2, 0.25) is 0 Å². The van der Waals surface area contributed by atoms with Crippen LogP contribution in [0.15, 0.2) is 36.4 Å². The molecule has 88 valence electrons. The molecular weight excluding hydrogens is 252 g/mol. The maximum Gasteiger partial charge on any atom is 0.175 e. The number of benzene rings is 1. The number of hydrogen-bond acceptors (Lipinski definition) is 2. The van der Waals surface area contributed by atoms with Gasteiger partial charge in [-0.1, -0.05) is 37.6 Å². The van der Waals surface area contributed by atoms with Crippen molar-refractivity contribution in [2.75, 3.05) is 0 Å². The van der Waals surface area contributed by atoms with Gasteiger partial charge in [0.05, 0.1) is 4.88 Å². The SMILES string of the molecule is CC(C)C(=O)c1ccc(-c2ccc(Cl)cc2)s1. The number of hydrogen-bond donors (Lipinski definition) is 0. The maximum atomic E-state index is 11.8. The molecule has 3 heteroatoms. The molecule has 17 heavy (non-hydrogen) atoms. The van der Waals surface area contributed by atoms with E-state index in [-0.39, 0.29) is 11.7 Å². The fourth-order valence-corrected chi connectivity index (χ4v) is 2.75. The van der Waals surface area contributed by atoms with Gasteiger partial charge in [0.15, 0.2) is 5.78 Å². The van der Waals surface area contributed by atoms with Gasteiger partial charge in [-0.15, -0.1) is 11.3 Å². The minimum absolute atomic E-state index is 0.0479. The lowest BCUT2D eigenvalue weighted by Gasteiger charge is -2.00. The molecule has 1 nitrogen and oxygen atoms in total. The Hall–Kier alpha value is -1.12. The molecule has 0 saturated carbocycles. The Morgan fingerprint density at radius 2 is 1.76 bits per heavy atom. The van der Waals surface area contributed by atoms with E-state index >= 15 is 0 Å². The highest BCUT2D eigenvalue weighted by Crippen LogP contribution is 2.30. The molecule has 0 N–H and O–H groups in total. The van der Waals surface area contributed by atoms with Gasteiger partial charge in [0.25, 0.3) is 0 Å². The Kier molecular flexibility index (Phi) is 3.65. The molecule has 2 rings (SSSR count). The van der Waals surface area contributed by atoms with Crippen LogP contribution in [0.5, 0.6) is 0 Å². The van der Waals surface area contributed by atoms with E-state index in [1.165, 1.54) is 11.3 Å². The fourth-order valence-electron chi connectivity index (χ4n) is 1.52. The van der Waals surface area contributed by atoms with Crippen LogP contribution in [0.4, 0.5) is 0 Å². The zero-order valence-electron chi connectivity index (χ0n) is 9.74. The Balaban J connectivity index is 2.30. The third-order valence-electron chi connectivity index (χ3n) is 2.50. The monoisotopic (exact) mass is 264 g/mol. The molecule has 2 aromatic rings. The second kappa shape index (κ2) is 5.03. The first kappa shape index (κ1) is 12.3. The third kappa shape index (κ3) is 2.76. The molecule has 0 spiro atoms. The van der Waals surface area contributed by atoms with E-state index in [1.807, 2.05) is 50.2 Å². The highest BCUT2D eigenvalue weighted by molar-refractivity contribution is 7.17. The van der Waals surface area contributed by atoms with E-state index in [0.29, 0.717) is 0 Å². The minimum Gasteiger partial charge on any atom is -0.293 e. The molecule has 1 aromatic carbocycles. The van der Waals surface area contributed by atoms with Gasteiger partial charge < -0.3 is 0 Å². The van der Waals surface area contributed by atoms with Crippen LogP contribution in [0.25, 0.3) is 10.4 Å². The first-order valence-corrected chi connectivity index (χ1v) is 6.67. The molecule has 0 fully saturated rings. The summed E-state index contributed by atoms with van der Waals surface area (Å²) in [7, 11) is 0. The van der Waals surface area contributed by atoms with Crippen LogP contribution in [0.1, 0.15) is 23.5 Å². The van der Waals surface area contributed by atoms with Crippen molar-refractivity contribution in [2.24, 2.45) is 5.92 Å². The molecular formula is C14H13ClOS. The Morgan fingerprint density at radius 3 is 2.35 bits per heavy atom. The second-order valence-corrected chi connectivity index (χ2v) is 5.71. The molecule has 0 aliphatic carbocycles. The average Bonchev–Trinajstić information content (AvgIpc) is 2.78. The Labute approximate surface area is 110 Å². The lowest BCUT2D eigenvalue weighted by atomic mass is 10.1. The van der Waals surface area contributed by atoms with Crippen molar-refractivity contribution >= 4 is 28.7 Å². The van der Waals surface area contributed by atoms with Crippen molar-refractivity contribution in [1.82, 2.24) is 0 Å². The molecule has 1 aromatic heterocycles. The summed E-state index contributed by atoms with van der Waals surface area (Å²) >= 11 is 7.38. The quantitative estimate of drug-likeness (QED) is 0.720. The highest BCUT2D eigenvalue weighted by Gasteiger charge is 2.13. The summed E-state index contributed by atoms with van der Waals surface area (Å²) in [4.78, 5) is 13.8. The van der Waals surface area contributed by atoms with Crippen LogP contribution < -0.4 is 0 Å². The lowest BCUT2D eigenvalue weighted by molar-refractivity contribution is 0.0943. The number of thiophene rings is 1. The van der Waals surface area contributed by atoms with E-state index in [1.54, 1.807) is 0 Å². The number of rotatable bonds is 3. The van der Waals surface area contributed by atoms with Crippen molar-refractivity contribution in [3.8, 4) is 10.4 Å². The summed E-state index contributed by atoms with van der Waals surface area (Å²) in [6, 6.07) is 11.6. The van der Waals surface area contributed by atoms with E-state index in [2.05, 4.69) is 0 Å². The standard InChI is InChI=1S/C14H13ClOS/c1-9(2)14(16)13-8-7-12(17-13)10-3-5-11(15)6-4-10/h3-9H,1-2H3. The normalized spacial score (nSPS) is 10.8. The average molecular weight is 265 g/mol. The summed E-state index contributed by atoms with van der Waals surface area (Å²) < 4.78 is 0. The van der Waals surface area contributed by atoms with Gasteiger partial charge in [0.1, 0.15) is 0 Å². The molecule has 0 unspecified atom stereocenters. The molecule has 0 saturated heterocycles. The van der Waals surface area contributed by atoms with Gasteiger partial charge in [-0.05, 0) is 29.8 Å².